The standard InChI is InChI=1S/C20H21F4N3O2/c1-12(2)10-27-16(20(22,23)24)9-15(13-3-5-14(21)6-4-13)18(27)19(29)26-8-7-25-17(28)11-26/h3-6,9,12H,7-8,10-11H2,1-2H3,(H,25,28). The highest BCUT2D eigenvalue weighted by Gasteiger charge is 2.39. The minimum atomic E-state index is -4.68. The Morgan fingerprint density at radius 3 is 2.41 bits per heavy atom. The Kier molecular flexibility index (Phi) is 5.68. The number of piperazine rings is 1. The summed E-state index contributed by atoms with van der Waals surface area (Å²) in [4.78, 5) is 26.2. The van der Waals surface area contributed by atoms with Gasteiger partial charge in [0, 0.05) is 25.2 Å². The SMILES string of the molecule is CC(C)Cn1c(C(F)(F)F)cc(-c2ccc(F)cc2)c1C(=O)N1CCNC(=O)C1. The smallest absolute Gasteiger partial charge is 0.353 e. The van der Waals surface area contributed by atoms with Crippen molar-refractivity contribution in [3.05, 3.63) is 47.5 Å². The number of alkyl halides is 3. The Morgan fingerprint density at radius 2 is 1.86 bits per heavy atom. The lowest BCUT2D eigenvalue weighted by Crippen LogP contribution is -2.50. The molecule has 1 aliphatic rings. The molecule has 29 heavy (non-hydrogen) atoms. The van der Waals surface area contributed by atoms with Crippen LogP contribution in [0.15, 0.2) is 30.3 Å². The van der Waals surface area contributed by atoms with Crippen molar-refractivity contribution >= 4 is 11.8 Å². The number of halogens is 4. The van der Waals surface area contributed by atoms with E-state index in [1.165, 1.54) is 17.0 Å². The molecule has 1 aliphatic heterocycles. The molecule has 2 aromatic rings. The van der Waals surface area contributed by atoms with Gasteiger partial charge >= 0.3 is 6.18 Å². The number of aromatic nitrogens is 1. The Hall–Kier alpha value is -2.84. The predicted octanol–water partition coefficient (Wildman–Crippen LogP) is 3.54. The van der Waals surface area contributed by atoms with Gasteiger partial charge in [-0.15, -0.1) is 0 Å². The van der Waals surface area contributed by atoms with Gasteiger partial charge < -0.3 is 14.8 Å². The molecule has 3 rings (SSSR count). The van der Waals surface area contributed by atoms with E-state index in [1.54, 1.807) is 13.8 Å². The normalized spacial score (nSPS) is 15.0. The van der Waals surface area contributed by atoms with Crippen LogP contribution >= 0.6 is 0 Å². The molecule has 0 atom stereocenters. The molecule has 1 aromatic carbocycles. The molecule has 5 nitrogen and oxygen atoms in total. The van der Waals surface area contributed by atoms with Crippen LogP contribution in [-0.2, 0) is 17.5 Å². The molecule has 1 N–H and O–H groups in total. The fourth-order valence-electron chi connectivity index (χ4n) is 3.38. The number of hydrogen-bond donors (Lipinski definition) is 1. The Balaban J connectivity index is 2.20. The van der Waals surface area contributed by atoms with Gasteiger partial charge in [-0.3, -0.25) is 9.59 Å². The summed E-state index contributed by atoms with van der Waals surface area (Å²) >= 11 is 0. The van der Waals surface area contributed by atoms with Crippen molar-refractivity contribution in [2.45, 2.75) is 26.6 Å². The van der Waals surface area contributed by atoms with Crippen LogP contribution < -0.4 is 5.32 Å². The van der Waals surface area contributed by atoms with Crippen LogP contribution in [0.25, 0.3) is 11.1 Å². The molecule has 0 saturated carbocycles. The van der Waals surface area contributed by atoms with E-state index in [1.807, 2.05) is 0 Å². The van der Waals surface area contributed by atoms with Crippen LogP contribution in [0.3, 0.4) is 0 Å². The first kappa shape index (κ1) is 20.9. The first-order valence-electron chi connectivity index (χ1n) is 9.20. The van der Waals surface area contributed by atoms with E-state index in [-0.39, 0.29) is 49.3 Å². The van der Waals surface area contributed by atoms with Crippen molar-refractivity contribution in [1.82, 2.24) is 14.8 Å². The minimum Gasteiger partial charge on any atom is -0.353 e. The summed E-state index contributed by atoms with van der Waals surface area (Å²) in [6.07, 6.45) is -4.68. The number of hydrogen-bond acceptors (Lipinski definition) is 2. The Labute approximate surface area is 165 Å². The topological polar surface area (TPSA) is 54.3 Å². The van der Waals surface area contributed by atoms with Crippen LogP contribution in [-0.4, -0.2) is 40.9 Å². The van der Waals surface area contributed by atoms with Crippen molar-refractivity contribution in [2.24, 2.45) is 5.92 Å². The number of rotatable bonds is 4. The third-order valence-electron chi connectivity index (χ3n) is 4.62. The summed E-state index contributed by atoms with van der Waals surface area (Å²) in [6, 6.07) is 5.86. The van der Waals surface area contributed by atoms with Crippen molar-refractivity contribution in [3.8, 4) is 11.1 Å². The molecule has 0 spiro atoms. The molecule has 0 bridgehead atoms. The van der Waals surface area contributed by atoms with Crippen LogP contribution in [0.4, 0.5) is 17.6 Å². The Morgan fingerprint density at radius 1 is 1.21 bits per heavy atom. The van der Waals surface area contributed by atoms with E-state index in [0.717, 1.165) is 22.8 Å². The second kappa shape index (κ2) is 7.88. The average Bonchev–Trinajstić information content (AvgIpc) is 3.00. The van der Waals surface area contributed by atoms with E-state index in [2.05, 4.69) is 5.32 Å². The maximum absolute atomic E-state index is 13.8. The molecule has 0 aliphatic carbocycles. The van der Waals surface area contributed by atoms with Crippen molar-refractivity contribution in [2.75, 3.05) is 19.6 Å². The zero-order valence-corrected chi connectivity index (χ0v) is 16.0. The number of carbonyl (C=O) groups is 2. The maximum Gasteiger partial charge on any atom is 0.431 e. The first-order chi connectivity index (χ1) is 13.6. The molecule has 1 saturated heterocycles. The lowest BCUT2D eigenvalue weighted by Gasteiger charge is -2.28. The summed E-state index contributed by atoms with van der Waals surface area (Å²) in [5, 5.41) is 2.59. The summed E-state index contributed by atoms with van der Waals surface area (Å²) in [7, 11) is 0. The van der Waals surface area contributed by atoms with E-state index >= 15 is 0 Å². The molecule has 2 amide bonds. The highest BCUT2D eigenvalue weighted by molar-refractivity contribution is 6.01. The van der Waals surface area contributed by atoms with Crippen LogP contribution in [0.2, 0.25) is 0 Å². The van der Waals surface area contributed by atoms with Crippen molar-refractivity contribution < 1.29 is 27.2 Å². The lowest BCUT2D eigenvalue weighted by atomic mass is 10.0. The van der Waals surface area contributed by atoms with E-state index in [4.69, 9.17) is 0 Å². The molecule has 2 heterocycles. The van der Waals surface area contributed by atoms with Gasteiger partial charge in [-0.2, -0.15) is 13.2 Å². The number of benzene rings is 1. The van der Waals surface area contributed by atoms with Gasteiger partial charge in [-0.25, -0.2) is 4.39 Å². The van der Waals surface area contributed by atoms with Gasteiger partial charge in [0.2, 0.25) is 5.91 Å². The van der Waals surface area contributed by atoms with Gasteiger partial charge in [0.15, 0.2) is 0 Å². The quantitative estimate of drug-likeness (QED) is 0.783. The molecule has 9 heteroatoms. The number of nitrogens with zero attached hydrogens (tertiary/aromatic N) is 2. The third-order valence-corrected chi connectivity index (χ3v) is 4.62. The monoisotopic (exact) mass is 411 g/mol. The zero-order valence-electron chi connectivity index (χ0n) is 16.0. The van der Waals surface area contributed by atoms with Gasteiger partial charge in [0.25, 0.3) is 5.91 Å². The predicted molar refractivity (Wildman–Crippen MR) is 98.6 cm³/mol. The van der Waals surface area contributed by atoms with Crippen LogP contribution in [0.1, 0.15) is 30.0 Å². The Bertz CT molecular complexity index is 917. The van der Waals surface area contributed by atoms with Crippen molar-refractivity contribution in [3.63, 3.8) is 0 Å². The third kappa shape index (κ3) is 4.44. The van der Waals surface area contributed by atoms with E-state index < -0.39 is 23.6 Å². The highest BCUT2D eigenvalue weighted by atomic mass is 19.4. The first-order valence-corrected chi connectivity index (χ1v) is 9.20. The average molecular weight is 411 g/mol. The fourth-order valence-corrected chi connectivity index (χ4v) is 3.38. The van der Waals surface area contributed by atoms with Crippen LogP contribution in [0, 0.1) is 11.7 Å². The minimum absolute atomic E-state index is 0.0306. The van der Waals surface area contributed by atoms with Crippen LogP contribution in [0.5, 0.6) is 0 Å². The molecule has 0 unspecified atom stereocenters. The molecule has 1 aromatic heterocycles. The molecular weight excluding hydrogens is 390 g/mol. The van der Waals surface area contributed by atoms with Gasteiger partial charge in [-0.1, -0.05) is 26.0 Å². The fraction of sp³-hybridized carbons (Fsp3) is 0.400. The molecule has 0 radical (unpaired) electrons. The summed E-state index contributed by atoms with van der Waals surface area (Å²) in [5.74, 6) is -1.73. The lowest BCUT2D eigenvalue weighted by molar-refractivity contribution is -0.143. The number of nitrogens with one attached hydrogen (secondary N) is 1. The summed E-state index contributed by atoms with van der Waals surface area (Å²) in [6.45, 7) is 3.67. The number of amides is 2. The van der Waals surface area contributed by atoms with E-state index in [9.17, 15) is 27.2 Å². The van der Waals surface area contributed by atoms with Gasteiger partial charge in [0.1, 0.15) is 17.2 Å². The molecule has 156 valence electrons. The summed E-state index contributed by atoms with van der Waals surface area (Å²) < 4.78 is 55.6. The molecule has 1 fully saturated rings. The number of carbonyl (C=O) groups excluding carboxylic acids is 2. The van der Waals surface area contributed by atoms with Gasteiger partial charge in [0.05, 0.1) is 6.54 Å². The second-order valence-corrected chi connectivity index (χ2v) is 7.38. The maximum atomic E-state index is 13.8. The second-order valence-electron chi connectivity index (χ2n) is 7.38. The van der Waals surface area contributed by atoms with Crippen molar-refractivity contribution in [1.29, 1.82) is 0 Å². The highest BCUT2D eigenvalue weighted by Crippen LogP contribution is 2.38. The summed E-state index contributed by atoms with van der Waals surface area (Å²) in [5.41, 5.74) is -0.735. The van der Waals surface area contributed by atoms with Gasteiger partial charge in [-0.05, 0) is 29.7 Å². The van der Waals surface area contributed by atoms with E-state index in [0.29, 0.717) is 5.56 Å². The molecular formula is C20H21F4N3O2. The largest absolute Gasteiger partial charge is 0.431 e. The zero-order chi connectivity index (χ0) is 21.3.